The summed E-state index contributed by atoms with van der Waals surface area (Å²) in [4.78, 5) is 13.0. The molecule has 0 aliphatic carbocycles. The molecule has 1 aliphatic heterocycles. The second-order valence-corrected chi connectivity index (χ2v) is 4.39. The highest BCUT2D eigenvalue weighted by Crippen LogP contribution is 2.13. The van der Waals surface area contributed by atoms with Crippen molar-refractivity contribution in [3.8, 4) is 0 Å². The minimum Gasteiger partial charge on any atom is -0.295 e. The van der Waals surface area contributed by atoms with Crippen molar-refractivity contribution >= 4 is 16.8 Å². The molecule has 0 spiro atoms. The Labute approximate surface area is 99.0 Å². The van der Waals surface area contributed by atoms with Crippen molar-refractivity contribution in [2.24, 2.45) is 0 Å². The Bertz CT molecular complexity index is 569. The van der Waals surface area contributed by atoms with Gasteiger partial charge in [-0.1, -0.05) is 4.91 Å². The number of ketones is 1. The maximum Gasteiger partial charge on any atom is 0.159 e. The Balaban J connectivity index is 2.03. The van der Waals surface area contributed by atoms with Crippen molar-refractivity contribution in [2.45, 2.75) is 19.8 Å². The minimum atomic E-state index is 0.0580. The number of hydrogen-bond acceptors (Lipinski definition) is 4. The standard InChI is InChI=1S/C12H14N4O/c1-9(17)10-4-5-11-12(8-10)14-16(13-11)15-6-2-3-7-15/h4-5,8H,2-3,6-7H2,1H3. The molecule has 0 saturated carbocycles. The second kappa shape index (κ2) is 3.84. The highest BCUT2D eigenvalue weighted by Gasteiger charge is 2.15. The van der Waals surface area contributed by atoms with Gasteiger partial charge in [-0.05, 0) is 38.0 Å². The van der Waals surface area contributed by atoms with E-state index in [1.54, 1.807) is 24.0 Å². The fourth-order valence-corrected chi connectivity index (χ4v) is 2.13. The molecule has 0 unspecified atom stereocenters. The molecule has 2 aromatic rings. The summed E-state index contributed by atoms with van der Waals surface area (Å²) >= 11 is 0. The predicted molar refractivity (Wildman–Crippen MR) is 64.7 cm³/mol. The molecular formula is C12H14N4O. The van der Waals surface area contributed by atoms with Crippen LogP contribution >= 0.6 is 0 Å². The number of aromatic nitrogens is 3. The SMILES string of the molecule is CC(=O)c1ccc2nn(N3CCCC3)nc2c1. The van der Waals surface area contributed by atoms with Gasteiger partial charge in [0, 0.05) is 18.7 Å². The summed E-state index contributed by atoms with van der Waals surface area (Å²) in [7, 11) is 0. The lowest BCUT2D eigenvalue weighted by molar-refractivity contribution is 0.101. The van der Waals surface area contributed by atoms with E-state index in [2.05, 4.69) is 15.2 Å². The summed E-state index contributed by atoms with van der Waals surface area (Å²) in [6.45, 7) is 3.56. The zero-order valence-electron chi connectivity index (χ0n) is 9.76. The number of Topliss-reactive ketones (excluding diaryl/α,β-unsaturated/α-hetero) is 1. The van der Waals surface area contributed by atoms with Crippen LogP contribution in [0.1, 0.15) is 30.1 Å². The largest absolute Gasteiger partial charge is 0.295 e. The number of fused-ring (bicyclic) bond motifs is 1. The Morgan fingerprint density at radius 3 is 2.59 bits per heavy atom. The Morgan fingerprint density at radius 1 is 1.18 bits per heavy atom. The van der Waals surface area contributed by atoms with E-state index in [0.29, 0.717) is 5.56 Å². The molecule has 0 bridgehead atoms. The molecule has 2 heterocycles. The summed E-state index contributed by atoms with van der Waals surface area (Å²) in [6.07, 6.45) is 2.38. The van der Waals surface area contributed by atoms with Crippen molar-refractivity contribution in [1.29, 1.82) is 0 Å². The van der Waals surface area contributed by atoms with Crippen LogP contribution in [-0.4, -0.2) is 34.0 Å². The molecule has 5 nitrogen and oxygen atoms in total. The van der Waals surface area contributed by atoms with Crippen LogP contribution in [0.2, 0.25) is 0 Å². The monoisotopic (exact) mass is 230 g/mol. The lowest BCUT2D eigenvalue weighted by Crippen LogP contribution is -2.33. The third kappa shape index (κ3) is 1.77. The van der Waals surface area contributed by atoms with E-state index in [-0.39, 0.29) is 5.78 Å². The number of rotatable bonds is 2. The van der Waals surface area contributed by atoms with Gasteiger partial charge < -0.3 is 0 Å². The highest BCUT2D eigenvalue weighted by atomic mass is 16.1. The van der Waals surface area contributed by atoms with Crippen LogP contribution in [0.4, 0.5) is 0 Å². The lowest BCUT2D eigenvalue weighted by atomic mass is 10.1. The second-order valence-electron chi connectivity index (χ2n) is 4.39. The first kappa shape index (κ1) is 10.3. The maximum absolute atomic E-state index is 11.3. The van der Waals surface area contributed by atoms with E-state index in [1.165, 1.54) is 12.8 Å². The molecular weight excluding hydrogens is 216 g/mol. The minimum absolute atomic E-state index is 0.0580. The zero-order valence-corrected chi connectivity index (χ0v) is 9.76. The van der Waals surface area contributed by atoms with Crippen LogP contribution in [0.3, 0.4) is 0 Å². The quantitative estimate of drug-likeness (QED) is 0.731. The van der Waals surface area contributed by atoms with Crippen LogP contribution in [0, 0.1) is 0 Å². The molecule has 0 atom stereocenters. The topological polar surface area (TPSA) is 51.0 Å². The van der Waals surface area contributed by atoms with E-state index in [1.807, 2.05) is 6.07 Å². The fourth-order valence-electron chi connectivity index (χ4n) is 2.13. The molecule has 1 aromatic carbocycles. The zero-order chi connectivity index (χ0) is 11.8. The van der Waals surface area contributed by atoms with Gasteiger partial charge in [-0.15, -0.1) is 10.2 Å². The molecule has 1 fully saturated rings. The highest BCUT2D eigenvalue weighted by molar-refractivity contribution is 5.97. The lowest BCUT2D eigenvalue weighted by Gasteiger charge is -2.13. The first-order valence-corrected chi connectivity index (χ1v) is 5.87. The average Bonchev–Trinajstić information content (AvgIpc) is 2.96. The van der Waals surface area contributed by atoms with Crippen LogP contribution < -0.4 is 5.01 Å². The van der Waals surface area contributed by atoms with Crippen LogP contribution in [0.5, 0.6) is 0 Å². The van der Waals surface area contributed by atoms with E-state index >= 15 is 0 Å². The number of nitrogens with zero attached hydrogens (tertiary/aromatic N) is 4. The van der Waals surface area contributed by atoms with Crippen LogP contribution in [-0.2, 0) is 0 Å². The van der Waals surface area contributed by atoms with Crippen molar-refractivity contribution in [3.63, 3.8) is 0 Å². The van der Waals surface area contributed by atoms with E-state index in [0.717, 1.165) is 24.1 Å². The van der Waals surface area contributed by atoms with Crippen molar-refractivity contribution in [3.05, 3.63) is 23.8 Å². The number of carbonyl (C=O) groups excluding carboxylic acids is 1. The third-order valence-electron chi connectivity index (χ3n) is 3.11. The van der Waals surface area contributed by atoms with Gasteiger partial charge >= 0.3 is 0 Å². The van der Waals surface area contributed by atoms with Crippen molar-refractivity contribution in [2.75, 3.05) is 18.1 Å². The smallest absolute Gasteiger partial charge is 0.159 e. The van der Waals surface area contributed by atoms with Gasteiger partial charge in [0.05, 0.1) is 0 Å². The first-order chi connectivity index (χ1) is 8.24. The molecule has 0 N–H and O–H groups in total. The van der Waals surface area contributed by atoms with Crippen molar-refractivity contribution < 1.29 is 4.79 Å². The third-order valence-corrected chi connectivity index (χ3v) is 3.11. The molecule has 88 valence electrons. The average molecular weight is 230 g/mol. The van der Waals surface area contributed by atoms with E-state index in [4.69, 9.17) is 0 Å². The van der Waals surface area contributed by atoms with Crippen molar-refractivity contribution in [1.82, 2.24) is 15.1 Å². The van der Waals surface area contributed by atoms with E-state index in [9.17, 15) is 4.79 Å². The molecule has 5 heteroatoms. The van der Waals surface area contributed by atoms with Gasteiger partial charge in [0.15, 0.2) is 5.78 Å². The molecule has 1 saturated heterocycles. The van der Waals surface area contributed by atoms with Gasteiger partial charge in [-0.2, -0.15) is 0 Å². The maximum atomic E-state index is 11.3. The molecule has 1 aromatic heterocycles. The summed E-state index contributed by atoms with van der Waals surface area (Å²) < 4.78 is 0. The number of benzene rings is 1. The summed E-state index contributed by atoms with van der Waals surface area (Å²) in [5, 5.41) is 11.0. The van der Waals surface area contributed by atoms with Gasteiger partial charge in [-0.3, -0.25) is 9.80 Å². The van der Waals surface area contributed by atoms with Gasteiger partial charge in [0.1, 0.15) is 11.0 Å². The van der Waals surface area contributed by atoms with Gasteiger partial charge in [-0.25, -0.2) is 0 Å². The first-order valence-electron chi connectivity index (χ1n) is 5.87. The Morgan fingerprint density at radius 2 is 1.88 bits per heavy atom. The summed E-state index contributed by atoms with van der Waals surface area (Å²) in [6, 6.07) is 5.45. The Hall–Kier alpha value is -1.91. The summed E-state index contributed by atoms with van der Waals surface area (Å²) in [5.41, 5.74) is 2.30. The number of carbonyl (C=O) groups is 1. The molecule has 3 rings (SSSR count). The molecule has 0 amide bonds. The Kier molecular flexibility index (Phi) is 2.31. The fraction of sp³-hybridized carbons (Fsp3) is 0.417. The van der Waals surface area contributed by atoms with Crippen LogP contribution in [0.15, 0.2) is 18.2 Å². The molecule has 1 aliphatic rings. The van der Waals surface area contributed by atoms with E-state index < -0.39 is 0 Å². The van der Waals surface area contributed by atoms with Gasteiger partial charge in [0.2, 0.25) is 0 Å². The van der Waals surface area contributed by atoms with Crippen LogP contribution in [0.25, 0.3) is 11.0 Å². The molecule has 17 heavy (non-hydrogen) atoms. The predicted octanol–water partition coefficient (Wildman–Crippen LogP) is 1.37. The normalized spacial score (nSPS) is 15.7. The van der Waals surface area contributed by atoms with Gasteiger partial charge in [0.25, 0.3) is 0 Å². The summed E-state index contributed by atoms with van der Waals surface area (Å²) in [5.74, 6) is 0.0580. The molecule has 0 radical (unpaired) electrons. The number of hydrogen-bond donors (Lipinski definition) is 0.